The van der Waals surface area contributed by atoms with Gasteiger partial charge in [0, 0.05) is 26.3 Å². The van der Waals surface area contributed by atoms with Crippen molar-refractivity contribution in [2.45, 2.75) is 5.75 Å². The minimum Gasteiger partial charge on any atom is -0.298 e. The normalized spacial score (nSPS) is 11.3. The van der Waals surface area contributed by atoms with Gasteiger partial charge >= 0.3 is 0 Å². The van der Waals surface area contributed by atoms with Crippen LogP contribution in [-0.2, 0) is 15.6 Å². The number of benzene rings is 2. The maximum absolute atomic E-state index is 12.4. The predicted octanol–water partition coefficient (Wildman–Crippen LogP) is 4.21. The summed E-state index contributed by atoms with van der Waals surface area (Å²) in [5.41, 5.74) is 2.76. The molecular formula is C18H15IN2O3S2. The highest BCUT2D eigenvalue weighted by Gasteiger charge is 2.12. The van der Waals surface area contributed by atoms with Crippen LogP contribution in [0, 0.1) is 3.57 Å². The highest BCUT2D eigenvalue weighted by molar-refractivity contribution is 14.1. The van der Waals surface area contributed by atoms with Crippen LogP contribution in [-0.4, -0.2) is 25.6 Å². The summed E-state index contributed by atoms with van der Waals surface area (Å²) in [4.78, 5) is 16.9. The first-order valence-electron chi connectivity index (χ1n) is 7.60. The number of hydrogen-bond donors (Lipinski definition) is 1. The van der Waals surface area contributed by atoms with Crippen LogP contribution < -0.4 is 5.32 Å². The second kappa shape index (κ2) is 7.85. The van der Waals surface area contributed by atoms with Crippen molar-refractivity contribution in [2.75, 3.05) is 11.6 Å². The fourth-order valence-electron chi connectivity index (χ4n) is 2.36. The Hall–Kier alpha value is -1.78. The molecule has 0 aliphatic heterocycles. The molecular weight excluding hydrogens is 483 g/mol. The number of sulfone groups is 1. The zero-order chi connectivity index (χ0) is 18.7. The van der Waals surface area contributed by atoms with E-state index in [9.17, 15) is 13.2 Å². The number of thiazole rings is 1. The van der Waals surface area contributed by atoms with Gasteiger partial charge in [-0.05, 0) is 52.4 Å². The molecule has 0 unspecified atom stereocenters. The van der Waals surface area contributed by atoms with Crippen LogP contribution in [0.2, 0.25) is 0 Å². The van der Waals surface area contributed by atoms with Crippen molar-refractivity contribution in [3.8, 4) is 11.3 Å². The average molecular weight is 498 g/mol. The standard InChI is InChI=1S/C18H15IN2O3S2/c1-26(23,24)11-12-3-2-4-14(9-12)17(22)21-18-20-16(10-25-18)13-5-7-15(19)8-6-13/h2-10H,11H2,1H3,(H,20,21,22). The van der Waals surface area contributed by atoms with E-state index in [2.05, 4.69) is 32.9 Å². The van der Waals surface area contributed by atoms with Crippen molar-refractivity contribution in [2.24, 2.45) is 0 Å². The predicted molar refractivity (Wildman–Crippen MR) is 113 cm³/mol. The highest BCUT2D eigenvalue weighted by atomic mass is 127. The molecule has 0 aliphatic carbocycles. The Morgan fingerprint density at radius 2 is 1.92 bits per heavy atom. The van der Waals surface area contributed by atoms with E-state index in [-0.39, 0.29) is 11.7 Å². The van der Waals surface area contributed by atoms with Gasteiger partial charge in [-0.25, -0.2) is 13.4 Å². The Bertz CT molecular complexity index is 1040. The molecule has 1 heterocycles. The number of aromatic nitrogens is 1. The fraction of sp³-hybridized carbons (Fsp3) is 0.111. The molecule has 0 bridgehead atoms. The maximum Gasteiger partial charge on any atom is 0.257 e. The van der Waals surface area contributed by atoms with E-state index in [4.69, 9.17) is 0 Å². The van der Waals surface area contributed by atoms with E-state index in [0.29, 0.717) is 16.3 Å². The number of nitrogens with one attached hydrogen (secondary N) is 1. The molecule has 2 aromatic carbocycles. The monoisotopic (exact) mass is 498 g/mol. The van der Waals surface area contributed by atoms with Crippen molar-refractivity contribution in [3.05, 3.63) is 68.6 Å². The van der Waals surface area contributed by atoms with Gasteiger partial charge in [0.2, 0.25) is 0 Å². The molecule has 1 amide bonds. The number of halogens is 1. The minimum atomic E-state index is -3.15. The second-order valence-electron chi connectivity index (χ2n) is 5.77. The van der Waals surface area contributed by atoms with Crippen LogP contribution in [0.5, 0.6) is 0 Å². The van der Waals surface area contributed by atoms with Crippen molar-refractivity contribution in [1.82, 2.24) is 4.98 Å². The summed E-state index contributed by atoms with van der Waals surface area (Å²) >= 11 is 3.59. The smallest absolute Gasteiger partial charge is 0.257 e. The molecule has 1 N–H and O–H groups in total. The molecule has 0 fully saturated rings. The van der Waals surface area contributed by atoms with Crippen LogP contribution in [0.4, 0.5) is 5.13 Å². The zero-order valence-electron chi connectivity index (χ0n) is 13.8. The van der Waals surface area contributed by atoms with Gasteiger partial charge in [-0.15, -0.1) is 11.3 Å². The lowest BCUT2D eigenvalue weighted by molar-refractivity contribution is 0.102. The molecule has 5 nitrogen and oxygen atoms in total. The summed E-state index contributed by atoms with van der Waals surface area (Å²) in [6.07, 6.45) is 1.17. The third-order valence-corrected chi connectivity index (χ3v) is 5.82. The molecule has 3 aromatic rings. The average Bonchev–Trinajstić information content (AvgIpc) is 3.02. The molecule has 0 saturated heterocycles. The number of rotatable bonds is 5. The second-order valence-corrected chi connectivity index (χ2v) is 10.0. The van der Waals surface area contributed by atoms with Crippen LogP contribution >= 0.6 is 33.9 Å². The van der Waals surface area contributed by atoms with E-state index in [1.165, 1.54) is 17.6 Å². The van der Waals surface area contributed by atoms with E-state index < -0.39 is 9.84 Å². The first-order chi connectivity index (χ1) is 12.3. The summed E-state index contributed by atoms with van der Waals surface area (Å²) in [5.74, 6) is -0.411. The molecule has 0 saturated carbocycles. The highest BCUT2D eigenvalue weighted by Crippen LogP contribution is 2.25. The Morgan fingerprint density at radius 1 is 1.19 bits per heavy atom. The first-order valence-corrected chi connectivity index (χ1v) is 11.6. The fourth-order valence-corrected chi connectivity index (χ4v) is 4.22. The van der Waals surface area contributed by atoms with Gasteiger partial charge in [-0.1, -0.05) is 24.3 Å². The van der Waals surface area contributed by atoms with Gasteiger partial charge < -0.3 is 0 Å². The van der Waals surface area contributed by atoms with Crippen molar-refractivity contribution < 1.29 is 13.2 Å². The summed E-state index contributed by atoms with van der Waals surface area (Å²) in [6, 6.07) is 14.6. The van der Waals surface area contributed by atoms with Crippen LogP contribution in [0.1, 0.15) is 15.9 Å². The number of anilines is 1. The van der Waals surface area contributed by atoms with E-state index in [0.717, 1.165) is 14.8 Å². The third-order valence-electron chi connectivity index (χ3n) is 3.48. The number of nitrogens with zero attached hydrogens (tertiary/aromatic N) is 1. The molecule has 0 radical (unpaired) electrons. The summed E-state index contributed by atoms with van der Waals surface area (Å²) in [5, 5.41) is 5.15. The molecule has 1 aromatic heterocycles. The Balaban J connectivity index is 1.74. The lowest BCUT2D eigenvalue weighted by Gasteiger charge is -2.04. The summed E-state index contributed by atoms with van der Waals surface area (Å²) < 4.78 is 24.0. The third kappa shape index (κ3) is 5.12. The van der Waals surface area contributed by atoms with Crippen molar-refractivity contribution >= 4 is 54.8 Å². The topological polar surface area (TPSA) is 76.1 Å². The first kappa shape index (κ1) is 19.0. The van der Waals surface area contributed by atoms with Crippen molar-refractivity contribution in [3.63, 3.8) is 0 Å². The van der Waals surface area contributed by atoms with Gasteiger partial charge in [-0.2, -0.15) is 0 Å². The van der Waals surface area contributed by atoms with Gasteiger partial charge in [0.05, 0.1) is 11.4 Å². The summed E-state index contributed by atoms with van der Waals surface area (Å²) in [6.45, 7) is 0. The number of hydrogen-bond acceptors (Lipinski definition) is 5. The Labute approximate surface area is 169 Å². The molecule has 3 rings (SSSR count). The van der Waals surface area contributed by atoms with E-state index in [1.807, 2.05) is 29.6 Å². The molecule has 0 aliphatic rings. The molecule has 26 heavy (non-hydrogen) atoms. The zero-order valence-corrected chi connectivity index (χ0v) is 17.6. The number of carbonyl (C=O) groups excluding carboxylic acids is 1. The Kier molecular flexibility index (Phi) is 5.73. The van der Waals surface area contributed by atoms with Crippen LogP contribution in [0.3, 0.4) is 0 Å². The lowest BCUT2D eigenvalue weighted by Crippen LogP contribution is -2.12. The number of carbonyl (C=O) groups is 1. The van der Waals surface area contributed by atoms with Gasteiger partial charge in [0.25, 0.3) is 5.91 Å². The van der Waals surface area contributed by atoms with Crippen LogP contribution in [0.25, 0.3) is 11.3 Å². The van der Waals surface area contributed by atoms with E-state index >= 15 is 0 Å². The quantitative estimate of drug-likeness (QED) is 0.535. The van der Waals surface area contributed by atoms with Gasteiger partial charge in [0.1, 0.15) is 0 Å². The van der Waals surface area contributed by atoms with Gasteiger partial charge in [0.15, 0.2) is 15.0 Å². The lowest BCUT2D eigenvalue weighted by atomic mass is 10.1. The largest absolute Gasteiger partial charge is 0.298 e. The SMILES string of the molecule is CS(=O)(=O)Cc1cccc(C(=O)Nc2nc(-c3ccc(I)cc3)cs2)c1. The van der Waals surface area contributed by atoms with Crippen LogP contribution in [0.15, 0.2) is 53.9 Å². The van der Waals surface area contributed by atoms with Crippen molar-refractivity contribution in [1.29, 1.82) is 0 Å². The molecule has 0 spiro atoms. The Morgan fingerprint density at radius 3 is 2.62 bits per heavy atom. The molecule has 134 valence electrons. The maximum atomic E-state index is 12.4. The van der Waals surface area contributed by atoms with E-state index in [1.54, 1.807) is 24.3 Å². The molecule has 8 heteroatoms. The molecule has 0 atom stereocenters. The minimum absolute atomic E-state index is 0.0949. The van der Waals surface area contributed by atoms with Gasteiger partial charge in [-0.3, -0.25) is 10.1 Å². The summed E-state index contributed by atoms with van der Waals surface area (Å²) in [7, 11) is -3.15. The number of amides is 1.